The Morgan fingerprint density at radius 3 is 2.32 bits per heavy atom. The lowest BCUT2D eigenvalue weighted by Gasteiger charge is -2.23. The second-order valence-electron chi connectivity index (χ2n) is 5.41. The molecule has 0 aliphatic carbocycles. The first-order chi connectivity index (χ1) is 9.18. The summed E-state index contributed by atoms with van der Waals surface area (Å²) >= 11 is 0. The van der Waals surface area contributed by atoms with Crippen molar-refractivity contribution >= 4 is 0 Å². The highest BCUT2D eigenvalue weighted by Crippen LogP contribution is 2.24. The lowest BCUT2D eigenvalue weighted by Crippen LogP contribution is -2.27. The van der Waals surface area contributed by atoms with E-state index >= 15 is 0 Å². The number of furan rings is 1. The van der Waals surface area contributed by atoms with E-state index in [4.69, 9.17) is 4.42 Å². The van der Waals surface area contributed by atoms with Crippen LogP contribution in [0.25, 0.3) is 0 Å². The maximum absolute atomic E-state index is 5.43. The van der Waals surface area contributed by atoms with E-state index in [1.807, 2.05) is 12.1 Å². The van der Waals surface area contributed by atoms with Crippen molar-refractivity contribution in [3.05, 3.63) is 60.1 Å². The van der Waals surface area contributed by atoms with E-state index in [1.165, 1.54) is 5.56 Å². The van der Waals surface area contributed by atoms with E-state index in [9.17, 15) is 0 Å². The third-order valence-corrected chi connectivity index (χ3v) is 3.65. The average molecular weight is 257 g/mol. The molecule has 0 saturated carbocycles. The third kappa shape index (κ3) is 3.71. The van der Waals surface area contributed by atoms with Crippen LogP contribution in [0.1, 0.15) is 44.1 Å². The Balaban J connectivity index is 1.98. The van der Waals surface area contributed by atoms with Crippen molar-refractivity contribution in [2.45, 2.75) is 32.7 Å². The van der Waals surface area contributed by atoms with Crippen LogP contribution in [-0.4, -0.2) is 6.54 Å². The van der Waals surface area contributed by atoms with Gasteiger partial charge < -0.3 is 9.73 Å². The molecule has 102 valence electrons. The second-order valence-corrected chi connectivity index (χ2v) is 5.41. The normalized spacial score (nSPS) is 14.5. The third-order valence-electron chi connectivity index (χ3n) is 3.65. The first kappa shape index (κ1) is 13.9. The second kappa shape index (κ2) is 6.58. The average Bonchev–Trinajstić information content (AvgIpc) is 2.93. The lowest BCUT2D eigenvalue weighted by molar-refractivity contribution is 0.393. The Hall–Kier alpha value is -1.54. The molecule has 0 fully saturated rings. The van der Waals surface area contributed by atoms with E-state index in [0.29, 0.717) is 11.8 Å². The minimum Gasteiger partial charge on any atom is -0.468 e. The summed E-state index contributed by atoms with van der Waals surface area (Å²) in [6.45, 7) is 7.65. The highest BCUT2D eigenvalue weighted by molar-refractivity contribution is 5.20. The molecule has 1 heterocycles. The van der Waals surface area contributed by atoms with Crippen LogP contribution in [0, 0.1) is 5.92 Å². The van der Waals surface area contributed by atoms with Gasteiger partial charge >= 0.3 is 0 Å². The first-order valence-corrected chi connectivity index (χ1v) is 7.00. The molecule has 0 saturated heterocycles. The van der Waals surface area contributed by atoms with E-state index < -0.39 is 0 Å². The van der Waals surface area contributed by atoms with Gasteiger partial charge in [-0.05, 0) is 36.5 Å². The maximum Gasteiger partial charge on any atom is 0.120 e. The number of hydrogen-bond acceptors (Lipinski definition) is 2. The van der Waals surface area contributed by atoms with Crippen LogP contribution in [-0.2, 0) is 0 Å². The number of benzene rings is 1. The minimum absolute atomic E-state index is 0.250. The van der Waals surface area contributed by atoms with Crippen molar-refractivity contribution in [1.82, 2.24) is 5.32 Å². The zero-order valence-electron chi connectivity index (χ0n) is 12.0. The molecule has 1 aromatic carbocycles. The van der Waals surface area contributed by atoms with Gasteiger partial charge in [0.25, 0.3) is 0 Å². The molecule has 2 atom stereocenters. The molecular formula is C17H23NO. The molecule has 0 amide bonds. The monoisotopic (exact) mass is 257 g/mol. The molecule has 19 heavy (non-hydrogen) atoms. The summed E-state index contributed by atoms with van der Waals surface area (Å²) in [6, 6.07) is 14.9. The van der Waals surface area contributed by atoms with E-state index in [0.717, 1.165) is 12.3 Å². The van der Waals surface area contributed by atoms with Crippen LogP contribution < -0.4 is 5.32 Å². The van der Waals surface area contributed by atoms with Crippen LogP contribution in [0.4, 0.5) is 0 Å². The van der Waals surface area contributed by atoms with Gasteiger partial charge in [-0.15, -0.1) is 0 Å². The van der Waals surface area contributed by atoms with Gasteiger partial charge in [0.05, 0.1) is 12.3 Å². The summed E-state index contributed by atoms with van der Waals surface area (Å²) in [5.41, 5.74) is 1.40. The van der Waals surface area contributed by atoms with Crippen molar-refractivity contribution in [3.8, 4) is 0 Å². The van der Waals surface area contributed by atoms with E-state index in [-0.39, 0.29) is 6.04 Å². The fraction of sp³-hybridized carbons (Fsp3) is 0.412. The van der Waals surface area contributed by atoms with Crippen LogP contribution in [0.5, 0.6) is 0 Å². The van der Waals surface area contributed by atoms with Crippen LogP contribution in [0.2, 0.25) is 0 Å². The van der Waals surface area contributed by atoms with Gasteiger partial charge in [-0.3, -0.25) is 0 Å². The fourth-order valence-corrected chi connectivity index (χ4v) is 2.38. The minimum atomic E-state index is 0.250. The molecule has 2 nitrogen and oxygen atoms in total. The zero-order chi connectivity index (χ0) is 13.7. The lowest BCUT2D eigenvalue weighted by atomic mass is 9.88. The van der Waals surface area contributed by atoms with Crippen LogP contribution >= 0.6 is 0 Å². The predicted octanol–water partition coefficient (Wildman–Crippen LogP) is 4.37. The Morgan fingerprint density at radius 1 is 1.00 bits per heavy atom. The SMILES string of the molecule is CC(C)C(CN[C@@H](C)c1ccco1)c1ccccc1. The number of hydrogen-bond donors (Lipinski definition) is 1. The van der Waals surface area contributed by atoms with Crippen molar-refractivity contribution in [1.29, 1.82) is 0 Å². The van der Waals surface area contributed by atoms with E-state index in [1.54, 1.807) is 6.26 Å². The standard InChI is InChI=1S/C17H23NO/c1-13(2)16(15-8-5-4-6-9-15)12-18-14(3)17-10-7-11-19-17/h4-11,13-14,16,18H,12H2,1-3H3/t14-,16?/m0/s1. The molecule has 1 N–H and O–H groups in total. The smallest absolute Gasteiger partial charge is 0.120 e. The summed E-state index contributed by atoms with van der Waals surface area (Å²) in [6.07, 6.45) is 1.73. The first-order valence-electron chi connectivity index (χ1n) is 7.00. The molecular weight excluding hydrogens is 234 g/mol. The number of nitrogens with one attached hydrogen (secondary N) is 1. The molecule has 1 aromatic heterocycles. The Labute approximate surface area is 115 Å². The topological polar surface area (TPSA) is 25.2 Å². The maximum atomic E-state index is 5.43. The van der Waals surface area contributed by atoms with Crippen molar-refractivity contribution in [2.75, 3.05) is 6.54 Å². The van der Waals surface area contributed by atoms with Gasteiger partial charge in [0, 0.05) is 6.54 Å². The van der Waals surface area contributed by atoms with Gasteiger partial charge in [-0.1, -0.05) is 44.2 Å². The predicted molar refractivity (Wildman–Crippen MR) is 79.1 cm³/mol. The molecule has 0 radical (unpaired) electrons. The highest BCUT2D eigenvalue weighted by Gasteiger charge is 2.17. The summed E-state index contributed by atoms with van der Waals surface area (Å²) in [5.74, 6) is 2.13. The Kier molecular flexibility index (Phi) is 4.80. The van der Waals surface area contributed by atoms with E-state index in [2.05, 4.69) is 56.4 Å². The summed E-state index contributed by atoms with van der Waals surface area (Å²) in [7, 11) is 0. The molecule has 0 aliphatic rings. The van der Waals surface area contributed by atoms with Crippen molar-refractivity contribution < 1.29 is 4.42 Å². The molecule has 2 rings (SSSR count). The molecule has 0 spiro atoms. The fourth-order valence-electron chi connectivity index (χ4n) is 2.38. The summed E-state index contributed by atoms with van der Waals surface area (Å²) in [5, 5.41) is 3.57. The largest absolute Gasteiger partial charge is 0.468 e. The van der Waals surface area contributed by atoms with Crippen molar-refractivity contribution in [3.63, 3.8) is 0 Å². The quantitative estimate of drug-likeness (QED) is 0.831. The van der Waals surface area contributed by atoms with Gasteiger partial charge in [0.2, 0.25) is 0 Å². The van der Waals surface area contributed by atoms with Gasteiger partial charge in [0.1, 0.15) is 5.76 Å². The van der Waals surface area contributed by atoms with Gasteiger partial charge in [0.15, 0.2) is 0 Å². The molecule has 0 aliphatic heterocycles. The molecule has 0 bridgehead atoms. The number of rotatable bonds is 6. The molecule has 2 aromatic rings. The molecule has 1 unspecified atom stereocenters. The Morgan fingerprint density at radius 2 is 1.74 bits per heavy atom. The zero-order valence-corrected chi connectivity index (χ0v) is 12.0. The highest BCUT2D eigenvalue weighted by atomic mass is 16.3. The molecule has 2 heteroatoms. The summed E-state index contributed by atoms with van der Waals surface area (Å²) < 4.78 is 5.43. The van der Waals surface area contributed by atoms with Crippen LogP contribution in [0.15, 0.2) is 53.1 Å². The summed E-state index contributed by atoms with van der Waals surface area (Å²) in [4.78, 5) is 0. The van der Waals surface area contributed by atoms with Gasteiger partial charge in [-0.2, -0.15) is 0 Å². The van der Waals surface area contributed by atoms with Gasteiger partial charge in [-0.25, -0.2) is 0 Å². The Bertz CT molecular complexity index is 461. The van der Waals surface area contributed by atoms with Crippen molar-refractivity contribution in [2.24, 2.45) is 5.92 Å². The van der Waals surface area contributed by atoms with Crippen LogP contribution in [0.3, 0.4) is 0 Å².